The number of rotatable bonds is 10. The second kappa shape index (κ2) is 12.1. The Hall–Kier alpha value is -3.56. The third-order valence-electron chi connectivity index (χ3n) is 5.91. The Bertz CT molecular complexity index is 1350. The normalized spacial score (nSPS) is 11.9. The van der Waals surface area contributed by atoms with Crippen LogP contribution in [-0.2, 0) is 26.2 Å². The molecule has 0 saturated heterocycles. The van der Waals surface area contributed by atoms with Gasteiger partial charge in [0, 0.05) is 18.6 Å². The van der Waals surface area contributed by atoms with Crippen molar-refractivity contribution in [3.05, 3.63) is 88.9 Å². The van der Waals surface area contributed by atoms with Crippen LogP contribution in [0.5, 0.6) is 5.75 Å². The maximum atomic E-state index is 13.8. The summed E-state index contributed by atoms with van der Waals surface area (Å²) < 4.78 is 34.0. The van der Waals surface area contributed by atoms with Crippen LogP contribution in [0.25, 0.3) is 0 Å². The molecule has 0 aliphatic heterocycles. The third-order valence-corrected chi connectivity index (χ3v) is 7.92. The Morgan fingerprint density at radius 2 is 1.68 bits per heavy atom. The number of aryl methyl sites for hydroxylation is 1. The molecule has 0 unspecified atom stereocenters. The minimum absolute atomic E-state index is 0.00531. The molecule has 0 saturated carbocycles. The second-order valence-electron chi connectivity index (χ2n) is 8.44. The monoisotopic (exact) mass is 543 g/mol. The van der Waals surface area contributed by atoms with E-state index in [1.807, 2.05) is 31.2 Å². The van der Waals surface area contributed by atoms with Crippen LogP contribution in [0, 0.1) is 6.92 Å². The van der Waals surface area contributed by atoms with Crippen LogP contribution >= 0.6 is 11.6 Å². The first-order chi connectivity index (χ1) is 17.6. The number of methoxy groups -OCH3 is 1. The van der Waals surface area contributed by atoms with Crippen molar-refractivity contribution in [3.8, 4) is 5.75 Å². The zero-order valence-corrected chi connectivity index (χ0v) is 22.7. The molecule has 1 N–H and O–H groups in total. The van der Waals surface area contributed by atoms with Crippen LogP contribution < -0.4 is 14.4 Å². The average Bonchev–Trinajstić information content (AvgIpc) is 2.90. The molecule has 10 heteroatoms. The molecule has 2 amide bonds. The number of hydrogen-bond donors (Lipinski definition) is 1. The Morgan fingerprint density at radius 3 is 2.27 bits per heavy atom. The van der Waals surface area contributed by atoms with Gasteiger partial charge in [0.05, 0.1) is 17.7 Å². The third kappa shape index (κ3) is 6.61. The van der Waals surface area contributed by atoms with Crippen LogP contribution in [0.2, 0.25) is 5.02 Å². The number of sulfonamides is 1. The van der Waals surface area contributed by atoms with Gasteiger partial charge in [-0.15, -0.1) is 0 Å². The summed E-state index contributed by atoms with van der Waals surface area (Å²) in [6, 6.07) is 19.0. The van der Waals surface area contributed by atoms with Gasteiger partial charge >= 0.3 is 0 Å². The van der Waals surface area contributed by atoms with Gasteiger partial charge in [0.2, 0.25) is 11.8 Å². The molecular weight excluding hydrogens is 514 g/mol. The number of anilines is 1. The quantitative estimate of drug-likeness (QED) is 0.417. The highest BCUT2D eigenvalue weighted by atomic mass is 35.5. The molecule has 0 aliphatic rings. The van der Waals surface area contributed by atoms with Gasteiger partial charge in [-0.05, 0) is 49.7 Å². The SMILES string of the molecule is CNC(=O)[C@@H](C)N(Cc1ccc(C)cc1)C(=O)CN(c1cc(Cl)ccc1OC)S(=O)(=O)c1ccccc1. The Labute approximate surface area is 222 Å². The molecule has 3 rings (SSSR count). The maximum absolute atomic E-state index is 13.8. The van der Waals surface area contributed by atoms with Gasteiger partial charge in [-0.3, -0.25) is 13.9 Å². The van der Waals surface area contributed by atoms with E-state index in [1.54, 1.807) is 31.2 Å². The van der Waals surface area contributed by atoms with E-state index in [1.165, 1.54) is 43.3 Å². The number of ether oxygens (including phenoxy) is 1. The molecule has 0 fully saturated rings. The molecule has 0 spiro atoms. The van der Waals surface area contributed by atoms with E-state index in [0.717, 1.165) is 15.4 Å². The summed E-state index contributed by atoms with van der Waals surface area (Å²) in [4.78, 5) is 27.7. The molecule has 0 bridgehead atoms. The van der Waals surface area contributed by atoms with Crippen molar-refractivity contribution in [1.82, 2.24) is 10.2 Å². The van der Waals surface area contributed by atoms with E-state index in [2.05, 4.69) is 5.32 Å². The van der Waals surface area contributed by atoms with E-state index < -0.39 is 28.5 Å². The van der Waals surface area contributed by atoms with Gasteiger partial charge in [-0.25, -0.2) is 8.42 Å². The summed E-state index contributed by atoms with van der Waals surface area (Å²) in [6.07, 6.45) is 0. The molecule has 0 aromatic heterocycles. The zero-order chi connectivity index (χ0) is 27.2. The number of carbonyl (C=O) groups excluding carboxylic acids is 2. The highest BCUT2D eigenvalue weighted by Crippen LogP contribution is 2.35. The predicted molar refractivity (Wildman–Crippen MR) is 144 cm³/mol. The van der Waals surface area contributed by atoms with Crippen molar-refractivity contribution < 1.29 is 22.7 Å². The summed E-state index contributed by atoms with van der Waals surface area (Å²) in [6.45, 7) is 3.08. The fraction of sp³-hybridized carbons (Fsp3) is 0.259. The van der Waals surface area contributed by atoms with Gasteiger partial charge in [-0.2, -0.15) is 0 Å². The second-order valence-corrected chi connectivity index (χ2v) is 10.7. The van der Waals surface area contributed by atoms with Crippen molar-refractivity contribution >= 4 is 39.1 Å². The Morgan fingerprint density at radius 1 is 1.03 bits per heavy atom. The first-order valence-corrected chi connectivity index (χ1v) is 13.4. The molecule has 1 atom stereocenters. The number of carbonyl (C=O) groups is 2. The van der Waals surface area contributed by atoms with Crippen molar-refractivity contribution in [2.75, 3.05) is 25.0 Å². The summed E-state index contributed by atoms with van der Waals surface area (Å²) in [5.41, 5.74) is 1.96. The molecule has 0 radical (unpaired) electrons. The van der Waals surface area contributed by atoms with Gasteiger partial charge in [0.15, 0.2) is 0 Å². The number of benzene rings is 3. The van der Waals surface area contributed by atoms with E-state index in [0.29, 0.717) is 0 Å². The highest BCUT2D eigenvalue weighted by molar-refractivity contribution is 7.92. The van der Waals surface area contributed by atoms with E-state index in [4.69, 9.17) is 16.3 Å². The fourth-order valence-corrected chi connectivity index (χ4v) is 5.38. The Kier molecular flexibility index (Phi) is 9.18. The van der Waals surface area contributed by atoms with Gasteiger partial charge < -0.3 is 15.0 Å². The molecular formula is C27H30ClN3O5S. The number of hydrogen-bond acceptors (Lipinski definition) is 5. The van der Waals surface area contributed by atoms with Crippen molar-refractivity contribution in [3.63, 3.8) is 0 Å². The lowest BCUT2D eigenvalue weighted by molar-refractivity contribution is -0.139. The molecule has 0 heterocycles. The largest absolute Gasteiger partial charge is 0.495 e. The molecule has 0 aliphatic carbocycles. The smallest absolute Gasteiger partial charge is 0.264 e. The number of likely N-dealkylation sites (N-methyl/N-ethyl adjacent to an activating group) is 1. The molecule has 8 nitrogen and oxygen atoms in total. The lowest BCUT2D eigenvalue weighted by atomic mass is 10.1. The van der Waals surface area contributed by atoms with Crippen molar-refractivity contribution in [1.29, 1.82) is 0 Å². The minimum atomic E-state index is -4.22. The van der Waals surface area contributed by atoms with Crippen LogP contribution in [0.3, 0.4) is 0 Å². The predicted octanol–water partition coefficient (Wildman–Crippen LogP) is 4.02. The lowest BCUT2D eigenvalue weighted by Crippen LogP contribution is -2.50. The minimum Gasteiger partial charge on any atom is -0.495 e. The van der Waals surface area contributed by atoms with Crippen molar-refractivity contribution in [2.24, 2.45) is 0 Å². The summed E-state index contributed by atoms with van der Waals surface area (Å²) in [7, 11) is -1.33. The number of nitrogens with one attached hydrogen (secondary N) is 1. The van der Waals surface area contributed by atoms with Crippen LogP contribution in [0.4, 0.5) is 5.69 Å². The highest BCUT2D eigenvalue weighted by Gasteiger charge is 2.33. The van der Waals surface area contributed by atoms with E-state index in [-0.39, 0.29) is 33.8 Å². The first-order valence-electron chi connectivity index (χ1n) is 11.6. The summed E-state index contributed by atoms with van der Waals surface area (Å²) >= 11 is 6.22. The van der Waals surface area contributed by atoms with Crippen molar-refractivity contribution in [2.45, 2.75) is 31.3 Å². The van der Waals surface area contributed by atoms with Crippen LogP contribution in [0.15, 0.2) is 77.7 Å². The number of halogens is 1. The number of nitrogens with zero attached hydrogens (tertiary/aromatic N) is 2. The molecule has 196 valence electrons. The van der Waals surface area contributed by atoms with E-state index in [9.17, 15) is 18.0 Å². The standard InChI is InChI=1S/C27H30ClN3O5S/c1-19-10-12-21(13-11-19)17-30(20(2)27(33)29-3)26(32)18-31(24-16-22(28)14-15-25(24)36-4)37(34,35)23-8-6-5-7-9-23/h5-16,20H,17-18H2,1-4H3,(H,29,33)/t20-/m1/s1. The van der Waals surface area contributed by atoms with Gasteiger partial charge in [-0.1, -0.05) is 59.6 Å². The zero-order valence-electron chi connectivity index (χ0n) is 21.1. The Balaban J connectivity index is 2.09. The lowest BCUT2D eigenvalue weighted by Gasteiger charge is -2.32. The van der Waals surface area contributed by atoms with Gasteiger partial charge in [0.25, 0.3) is 10.0 Å². The average molecular weight is 544 g/mol. The van der Waals surface area contributed by atoms with Crippen LogP contribution in [0.1, 0.15) is 18.1 Å². The summed E-state index contributed by atoms with van der Waals surface area (Å²) in [5, 5.41) is 2.83. The molecule has 3 aromatic rings. The van der Waals surface area contributed by atoms with Crippen LogP contribution in [-0.4, -0.2) is 51.9 Å². The topological polar surface area (TPSA) is 96.0 Å². The number of amides is 2. The fourth-order valence-electron chi connectivity index (χ4n) is 3.77. The maximum Gasteiger partial charge on any atom is 0.264 e. The first kappa shape index (κ1) is 28.0. The van der Waals surface area contributed by atoms with Gasteiger partial charge in [0.1, 0.15) is 18.3 Å². The van der Waals surface area contributed by atoms with E-state index >= 15 is 0 Å². The summed E-state index contributed by atoms with van der Waals surface area (Å²) in [5.74, 6) is -0.724. The molecule has 3 aromatic carbocycles. The molecule has 37 heavy (non-hydrogen) atoms.